The topological polar surface area (TPSA) is 67.3 Å². The molecule has 1 aromatic rings. The van der Waals surface area contributed by atoms with E-state index in [-0.39, 0.29) is 11.2 Å². The zero-order valence-electron chi connectivity index (χ0n) is 8.52. The Hall–Kier alpha value is -1.56. The summed E-state index contributed by atoms with van der Waals surface area (Å²) in [7, 11) is 1.64. The molecule has 1 aliphatic heterocycles. The van der Waals surface area contributed by atoms with Crippen molar-refractivity contribution in [1.29, 1.82) is 0 Å². The first-order chi connectivity index (χ1) is 7.18. The summed E-state index contributed by atoms with van der Waals surface area (Å²) in [5.74, 6) is 0.645. The van der Waals surface area contributed by atoms with E-state index in [1.165, 1.54) is 10.6 Å². The molecule has 0 unspecified atom stereocenters. The van der Waals surface area contributed by atoms with Crippen molar-refractivity contribution in [2.45, 2.75) is 0 Å². The maximum Gasteiger partial charge on any atom is 0.329 e. The van der Waals surface area contributed by atoms with E-state index >= 15 is 0 Å². The zero-order chi connectivity index (χ0) is 10.8. The fourth-order valence-corrected chi connectivity index (χ4v) is 1.64. The van der Waals surface area contributed by atoms with Crippen molar-refractivity contribution in [3.05, 3.63) is 26.9 Å². The molecule has 0 radical (unpaired) electrons. The normalized spacial score (nSPS) is 16.7. The second kappa shape index (κ2) is 3.90. The molecule has 0 atom stereocenters. The Bertz CT molecular complexity index is 456. The lowest BCUT2D eigenvalue weighted by Crippen LogP contribution is -2.41. The minimum Gasteiger partial charge on any atom is -0.378 e. The third-order valence-electron chi connectivity index (χ3n) is 2.47. The van der Waals surface area contributed by atoms with Gasteiger partial charge in [0.2, 0.25) is 0 Å². The molecule has 1 saturated heterocycles. The summed E-state index contributed by atoms with van der Waals surface area (Å²) >= 11 is 0. The van der Waals surface area contributed by atoms with Crippen LogP contribution >= 0.6 is 0 Å². The van der Waals surface area contributed by atoms with E-state index in [4.69, 9.17) is 4.74 Å². The van der Waals surface area contributed by atoms with Gasteiger partial charge >= 0.3 is 5.69 Å². The minimum atomic E-state index is -0.385. The first-order valence-corrected chi connectivity index (χ1v) is 4.81. The average molecular weight is 211 g/mol. The molecular weight excluding hydrogens is 198 g/mol. The van der Waals surface area contributed by atoms with E-state index in [2.05, 4.69) is 4.98 Å². The van der Waals surface area contributed by atoms with Gasteiger partial charge < -0.3 is 9.64 Å². The third-order valence-corrected chi connectivity index (χ3v) is 2.47. The van der Waals surface area contributed by atoms with Crippen LogP contribution in [0.1, 0.15) is 0 Å². The second-order valence-corrected chi connectivity index (χ2v) is 3.46. The number of anilines is 1. The average Bonchev–Trinajstić information content (AvgIpc) is 2.24. The number of nitrogens with zero attached hydrogens (tertiary/aromatic N) is 2. The largest absolute Gasteiger partial charge is 0.378 e. The standard InChI is InChI=1S/C9H13N3O3/c1-11-8(6-7(13)10-9(11)14)12-2-4-15-5-3-12/h6H,2-5H2,1H3,(H,10,13,14). The Morgan fingerprint density at radius 3 is 2.67 bits per heavy atom. The Labute approximate surface area is 86.1 Å². The molecule has 0 aromatic carbocycles. The number of morpholine rings is 1. The van der Waals surface area contributed by atoms with Crippen molar-refractivity contribution >= 4 is 5.82 Å². The Kier molecular flexibility index (Phi) is 2.59. The number of rotatable bonds is 1. The molecule has 2 rings (SSSR count). The van der Waals surface area contributed by atoms with Crippen LogP contribution < -0.4 is 16.1 Å². The molecule has 0 aliphatic carbocycles. The smallest absolute Gasteiger partial charge is 0.329 e. The van der Waals surface area contributed by atoms with Gasteiger partial charge in [-0.25, -0.2) is 4.79 Å². The molecule has 6 heteroatoms. The quantitative estimate of drug-likeness (QED) is 0.641. The predicted octanol–water partition coefficient (Wildman–Crippen LogP) is -1.09. The lowest BCUT2D eigenvalue weighted by atomic mass is 10.4. The monoisotopic (exact) mass is 211 g/mol. The maximum absolute atomic E-state index is 11.4. The van der Waals surface area contributed by atoms with E-state index in [9.17, 15) is 9.59 Å². The van der Waals surface area contributed by atoms with Crippen LogP contribution in [0.25, 0.3) is 0 Å². The fourth-order valence-electron chi connectivity index (χ4n) is 1.64. The van der Waals surface area contributed by atoms with Crippen LogP contribution in [0.15, 0.2) is 15.7 Å². The number of hydrogen-bond acceptors (Lipinski definition) is 4. The van der Waals surface area contributed by atoms with Crippen LogP contribution in [-0.4, -0.2) is 35.9 Å². The summed E-state index contributed by atoms with van der Waals surface area (Å²) in [6, 6.07) is 1.44. The first kappa shape index (κ1) is 9.97. The van der Waals surface area contributed by atoms with Crippen molar-refractivity contribution in [3.8, 4) is 0 Å². The van der Waals surface area contributed by atoms with Gasteiger partial charge in [-0.2, -0.15) is 0 Å². The number of ether oxygens (including phenoxy) is 1. The van der Waals surface area contributed by atoms with E-state index in [1.54, 1.807) is 7.05 Å². The molecule has 1 fully saturated rings. The van der Waals surface area contributed by atoms with Gasteiger partial charge in [-0.05, 0) is 0 Å². The van der Waals surface area contributed by atoms with Crippen LogP contribution in [0.2, 0.25) is 0 Å². The van der Waals surface area contributed by atoms with Crippen molar-refractivity contribution in [2.75, 3.05) is 31.2 Å². The molecule has 1 aliphatic rings. The Balaban J connectivity index is 2.42. The third kappa shape index (κ3) is 1.94. The van der Waals surface area contributed by atoms with Crippen molar-refractivity contribution in [3.63, 3.8) is 0 Å². The van der Waals surface area contributed by atoms with Gasteiger partial charge in [0.25, 0.3) is 5.56 Å². The van der Waals surface area contributed by atoms with E-state index in [0.29, 0.717) is 32.1 Å². The van der Waals surface area contributed by atoms with Crippen LogP contribution in [0, 0.1) is 0 Å². The zero-order valence-corrected chi connectivity index (χ0v) is 8.52. The lowest BCUT2D eigenvalue weighted by Gasteiger charge is -2.29. The molecule has 15 heavy (non-hydrogen) atoms. The molecule has 2 heterocycles. The summed E-state index contributed by atoms with van der Waals surface area (Å²) in [5.41, 5.74) is -0.747. The highest BCUT2D eigenvalue weighted by atomic mass is 16.5. The number of hydrogen-bond donors (Lipinski definition) is 1. The van der Waals surface area contributed by atoms with Crippen molar-refractivity contribution in [1.82, 2.24) is 9.55 Å². The van der Waals surface area contributed by atoms with Gasteiger partial charge in [0.05, 0.1) is 13.2 Å². The molecule has 6 nitrogen and oxygen atoms in total. The van der Waals surface area contributed by atoms with E-state index in [0.717, 1.165) is 0 Å². The summed E-state index contributed by atoms with van der Waals surface area (Å²) in [4.78, 5) is 26.7. The lowest BCUT2D eigenvalue weighted by molar-refractivity contribution is 0.122. The van der Waals surface area contributed by atoms with Gasteiger partial charge in [-0.1, -0.05) is 0 Å². The highest BCUT2D eigenvalue weighted by Gasteiger charge is 2.14. The SMILES string of the molecule is Cn1c(N2CCOCC2)cc(=O)[nH]c1=O. The van der Waals surface area contributed by atoms with Gasteiger partial charge in [-0.15, -0.1) is 0 Å². The summed E-state index contributed by atoms with van der Waals surface area (Å²) < 4.78 is 6.64. The maximum atomic E-state index is 11.4. The van der Waals surface area contributed by atoms with E-state index < -0.39 is 0 Å². The molecule has 0 amide bonds. The van der Waals surface area contributed by atoms with Gasteiger partial charge in [-0.3, -0.25) is 14.3 Å². The first-order valence-electron chi connectivity index (χ1n) is 4.81. The molecule has 1 aromatic heterocycles. The molecule has 1 N–H and O–H groups in total. The van der Waals surface area contributed by atoms with E-state index in [1.807, 2.05) is 4.90 Å². The molecule has 0 spiro atoms. The molecule has 0 saturated carbocycles. The molecule has 82 valence electrons. The van der Waals surface area contributed by atoms with Gasteiger partial charge in [0.15, 0.2) is 0 Å². The van der Waals surface area contributed by atoms with Crippen LogP contribution in [-0.2, 0) is 11.8 Å². The number of nitrogens with one attached hydrogen (secondary N) is 1. The van der Waals surface area contributed by atoms with Crippen molar-refractivity contribution < 1.29 is 4.74 Å². The Morgan fingerprint density at radius 1 is 1.33 bits per heavy atom. The van der Waals surface area contributed by atoms with Gasteiger partial charge in [0, 0.05) is 26.2 Å². The van der Waals surface area contributed by atoms with Crippen molar-refractivity contribution in [2.24, 2.45) is 7.05 Å². The summed E-state index contributed by atoms with van der Waals surface area (Å²) in [6.07, 6.45) is 0. The van der Waals surface area contributed by atoms with Crippen LogP contribution in [0.3, 0.4) is 0 Å². The Morgan fingerprint density at radius 2 is 2.00 bits per heavy atom. The number of aromatic nitrogens is 2. The molecular formula is C9H13N3O3. The number of aromatic amines is 1. The highest BCUT2D eigenvalue weighted by Crippen LogP contribution is 2.09. The second-order valence-electron chi connectivity index (χ2n) is 3.46. The number of H-pyrrole nitrogens is 1. The van der Waals surface area contributed by atoms with Gasteiger partial charge in [0.1, 0.15) is 5.82 Å². The minimum absolute atomic E-state index is 0.361. The summed E-state index contributed by atoms with van der Waals surface area (Å²) in [6.45, 7) is 2.66. The predicted molar refractivity (Wildman–Crippen MR) is 55.3 cm³/mol. The van der Waals surface area contributed by atoms with Crippen LogP contribution in [0.5, 0.6) is 0 Å². The molecule has 0 bridgehead atoms. The fraction of sp³-hybridized carbons (Fsp3) is 0.556. The van der Waals surface area contributed by atoms with Crippen LogP contribution in [0.4, 0.5) is 5.82 Å². The highest BCUT2D eigenvalue weighted by molar-refractivity contribution is 5.38. The summed E-state index contributed by atoms with van der Waals surface area (Å²) in [5, 5.41) is 0.